The maximum absolute atomic E-state index is 5.78. The van der Waals surface area contributed by atoms with Crippen molar-refractivity contribution in [2.24, 2.45) is 0 Å². The summed E-state index contributed by atoms with van der Waals surface area (Å²) >= 11 is 0. The van der Waals surface area contributed by atoms with Gasteiger partial charge in [0.15, 0.2) is 0 Å². The van der Waals surface area contributed by atoms with Gasteiger partial charge in [-0.1, -0.05) is 45.2 Å². The van der Waals surface area contributed by atoms with E-state index in [2.05, 4.69) is 51.4 Å². The van der Waals surface area contributed by atoms with Gasteiger partial charge in [-0.3, -0.25) is 0 Å². The molecule has 1 aromatic carbocycles. The summed E-state index contributed by atoms with van der Waals surface area (Å²) in [5.74, 6) is 0.838. The van der Waals surface area contributed by atoms with E-state index in [1.54, 1.807) is 12.3 Å². The number of hydrogen-bond donors (Lipinski definition) is 1. The van der Waals surface area contributed by atoms with E-state index >= 15 is 0 Å². The highest BCUT2D eigenvalue weighted by atomic mass is 16.5. The van der Waals surface area contributed by atoms with Gasteiger partial charge in [-0.05, 0) is 44.5 Å². The van der Waals surface area contributed by atoms with Crippen LogP contribution in [0, 0.1) is 6.92 Å². The van der Waals surface area contributed by atoms with Crippen molar-refractivity contribution in [2.75, 3.05) is 13.1 Å². The fraction of sp³-hybridized carbons (Fsp3) is 0.364. The van der Waals surface area contributed by atoms with Crippen LogP contribution in [0.1, 0.15) is 33.3 Å². The first-order chi connectivity index (χ1) is 11.9. The average molecular weight is 341 g/mol. The molecule has 1 aliphatic heterocycles. The maximum atomic E-state index is 5.78. The maximum Gasteiger partial charge on any atom is 0.134 e. The lowest BCUT2D eigenvalue weighted by Crippen LogP contribution is -2.35. The van der Waals surface area contributed by atoms with Crippen molar-refractivity contribution < 1.29 is 9.15 Å². The third-order valence-electron chi connectivity index (χ3n) is 3.61. The van der Waals surface area contributed by atoms with E-state index in [4.69, 9.17) is 9.15 Å². The Balaban J connectivity index is 0.000000233. The number of rotatable bonds is 2. The van der Waals surface area contributed by atoms with Gasteiger partial charge < -0.3 is 14.5 Å². The van der Waals surface area contributed by atoms with E-state index in [9.17, 15) is 0 Å². The molecule has 0 bridgehead atoms. The first kappa shape index (κ1) is 20.8. The molecular weight excluding hydrogens is 310 g/mol. The summed E-state index contributed by atoms with van der Waals surface area (Å²) in [7, 11) is 0. The van der Waals surface area contributed by atoms with Crippen LogP contribution in [-0.4, -0.2) is 18.7 Å². The largest absolute Gasteiger partial charge is 0.486 e. The molecule has 1 N–H and O–H groups in total. The molecule has 1 aromatic heterocycles. The number of fused-ring (bicyclic) bond motifs is 1. The minimum atomic E-state index is -0.172. The zero-order chi connectivity index (χ0) is 18.9. The van der Waals surface area contributed by atoms with Gasteiger partial charge in [0, 0.05) is 24.0 Å². The topological polar surface area (TPSA) is 34.4 Å². The van der Waals surface area contributed by atoms with Gasteiger partial charge in [0.25, 0.3) is 0 Å². The molecule has 0 aliphatic carbocycles. The summed E-state index contributed by atoms with van der Waals surface area (Å²) in [6.07, 6.45) is 5.27. The van der Waals surface area contributed by atoms with Gasteiger partial charge in [-0.15, -0.1) is 0 Å². The predicted molar refractivity (Wildman–Crippen MR) is 108 cm³/mol. The Labute approximate surface area is 152 Å². The van der Waals surface area contributed by atoms with Crippen LogP contribution in [0.4, 0.5) is 0 Å². The lowest BCUT2D eigenvalue weighted by Gasteiger charge is -2.24. The number of ether oxygens (including phenoxy) is 1. The third-order valence-corrected chi connectivity index (χ3v) is 3.61. The summed E-state index contributed by atoms with van der Waals surface area (Å²) in [6.45, 7) is 19.3. The van der Waals surface area contributed by atoms with Crippen LogP contribution in [0.15, 0.2) is 71.6 Å². The highest BCUT2D eigenvalue weighted by Gasteiger charge is 2.23. The SMILES string of the molecule is C=CC1=C(C=C)OC(C)(C)CNC1.CC.Cc1ccc2ccoc2c1. The molecular formula is C22H31NO2. The summed E-state index contributed by atoms with van der Waals surface area (Å²) in [4.78, 5) is 0. The standard InChI is InChI=1S/C11H17NO.C9H8O.C2H6/c1-5-9-7-12-8-11(3,4)13-10(9)6-2;1-7-2-3-8-4-5-10-9(8)6-7;1-2/h5-6,12H,1-2,7-8H2,3-4H3;2-6H,1H3;1-2H3. The van der Waals surface area contributed by atoms with Crippen LogP contribution in [0.5, 0.6) is 0 Å². The first-order valence-electron chi connectivity index (χ1n) is 8.77. The Kier molecular flexibility index (Phi) is 8.23. The second-order valence-corrected chi connectivity index (χ2v) is 6.22. The van der Waals surface area contributed by atoms with Crippen molar-refractivity contribution in [2.45, 2.75) is 40.2 Å². The lowest BCUT2D eigenvalue weighted by atomic mass is 10.1. The second kappa shape index (κ2) is 9.90. The summed E-state index contributed by atoms with van der Waals surface area (Å²) in [5.41, 5.74) is 3.11. The summed E-state index contributed by atoms with van der Waals surface area (Å²) in [6, 6.07) is 8.15. The Bertz CT molecular complexity index is 722. The zero-order valence-electron chi connectivity index (χ0n) is 16.2. The van der Waals surface area contributed by atoms with Crippen LogP contribution >= 0.6 is 0 Å². The minimum absolute atomic E-state index is 0.172. The molecule has 0 saturated carbocycles. The van der Waals surface area contributed by atoms with Crippen molar-refractivity contribution >= 4 is 11.0 Å². The fourth-order valence-electron chi connectivity index (χ4n) is 2.39. The molecule has 0 amide bonds. The first-order valence-corrected chi connectivity index (χ1v) is 8.77. The Hall–Kier alpha value is -2.26. The van der Waals surface area contributed by atoms with E-state index in [0.717, 1.165) is 30.0 Å². The van der Waals surface area contributed by atoms with Crippen LogP contribution in [-0.2, 0) is 4.74 Å². The molecule has 2 aromatic rings. The molecule has 0 radical (unpaired) electrons. The summed E-state index contributed by atoms with van der Waals surface area (Å²) in [5, 5.41) is 4.47. The quantitative estimate of drug-likeness (QED) is 0.752. The van der Waals surface area contributed by atoms with E-state index in [1.807, 2.05) is 32.1 Å². The number of aryl methyl sites for hydroxylation is 1. The van der Waals surface area contributed by atoms with Gasteiger partial charge in [-0.25, -0.2) is 0 Å². The second-order valence-electron chi connectivity index (χ2n) is 6.22. The average Bonchev–Trinajstić information content (AvgIpc) is 3.00. The molecule has 136 valence electrons. The summed E-state index contributed by atoms with van der Waals surface area (Å²) < 4.78 is 11.0. The third kappa shape index (κ3) is 6.28. The smallest absolute Gasteiger partial charge is 0.134 e. The molecule has 3 rings (SSSR count). The molecule has 0 saturated heterocycles. The number of benzene rings is 1. The van der Waals surface area contributed by atoms with Crippen molar-refractivity contribution in [3.63, 3.8) is 0 Å². The molecule has 1 aliphatic rings. The molecule has 0 fully saturated rings. The zero-order valence-corrected chi connectivity index (χ0v) is 16.2. The number of furan rings is 1. The Morgan fingerprint density at radius 2 is 1.84 bits per heavy atom. The molecule has 0 atom stereocenters. The van der Waals surface area contributed by atoms with Gasteiger partial charge in [0.05, 0.1) is 6.26 Å². The molecule has 3 heteroatoms. The lowest BCUT2D eigenvalue weighted by molar-refractivity contribution is 0.0479. The van der Waals surface area contributed by atoms with Crippen LogP contribution in [0.2, 0.25) is 0 Å². The molecule has 0 unspecified atom stereocenters. The van der Waals surface area contributed by atoms with Crippen LogP contribution < -0.4 is 5.32 Å². The molecule has 2 heterocycles. The molecule has 25 heavy (non-hydrogen) atoms. The predicted octanol–water partition coefficient (Wildman–Crippen LogP) is 5.78. The van der Waals surface area contributed by atoms with Crippen molar-refractivity contribution in [3.8, 4) is 0 Å². The van der Waals surface area contributed by atoms with Gasteiger partial charge in [0.1, 0.15) is 16.9 Å². The van der Waals surface area contributed by atoms with Crippen LogP contribution in [0.25, 0.3) is 11.0 Å². The highest BCUT2D eigenvalue weighted by molar-refractivity contribution is 5.77. The Morgan fingerprint density at radius 3 is 2.48 bits per heavy atom. The fourth-order valence-corrected chi connectivity index (χ4v) is 2.39. The number of hydrogen-bond acceptors (Lipinski definition) is 3. The number of nitrogens with one attached hydrogen (secondary N) is 1. The van der Waals surface area contributed by atoms with Gasteiger partial charge >= 0.3 is 0 Å². The van der Waals surface area contributed by atoms with Crippen molar-refractivity contribution in [1.29, 1.82) is 0 Å². The van der Waals surface area contributed by atoms with E-state index in [0.29, 0.717) is 0 Å². The van der Waals surface area contributed by atoms with Crippen LogP contribution in [0.3, 0.4) is 0 Å². The monoisotopic (exact) mass is 341 g/mol. The van der Waals surface area contributed by atoms with E-state index in [1.165, 1.54) is 10.9 Å². The number of allylic oxidation sites excluding steroid dienone is 1. The minimum Gasteiger partial charge on any atom is -0.486 e. The van der Waals surface area contributed by atoms with Crippen molar-refractivity contribution in [3.05, 3.63) is 72.7 Å². The van der Waals surface area contributed by atoms with Crippen molar-refractivity contribution in [1.82, 2.24) is 5.32 Å². The van der Waals surface area contributed by atoms with Gasteiger partial charge in [-0.2, -0.15) is 0 Å². The van der Waals surface area contributed by atoms with E-state index < -0.39 is 0 Å². The highest BCUT2D eigenvalue weighted by Crippen LogP contribution is 2.20. The van der Waals surface area contributed by atoms with E-state index in [-0.39, 0.29) is 5.60 Å². The normalized spacial score (nSPS) is 15.7. The van der Waals surface area contributed by atoms with Gasteiger partial charge in [0.2, 0.25) is 0 Å². The molecule has 3 nitrogen and oxygen atoms in total. The Morgan fingerprint density at radius 1 is 1.12 bits per heavy atom. The molecule has 0 spiro atoms.